The second-order valence-corrected chi connectivity index (χ2v) is 3.53. The molecule has 0 aliphatic carbocycles. The van der Waals surface area contributed by atoms with Gasteiger partial charge in [0.05, 0.1) is 5.69 Å². The van der Waals surface area contributed by atoms with Gasteiger partial charge in [-0.25, -0.2) is 4.68 Å². The predicted molar refractivity (Wildman–Crippen MR) is 61.1 cm³/mol. The molecule has 0 radical (unpaired) electrons. The Morgan fingerprint density at radius 2 is 2.31 bits per heavy atom. The lowest BCUT2D eigenvalue weighted by Crippen LogP contribution is -2.16. The average Bonchev–Trinajstić information content (AvgIpc) is 2.81. The zero-order chi connectivity index (χ0) is 11.5. The molecular weight excluding hydrogens is 228 g/mol. The van der Waals surface area contributed by atoms with E-state index in [0.29, 0.717) is 16.3 Å². The van der Waals surface area contributed by atoms with E-state index >= 15 is 0 Å². The molecule has 0 saturated heterocycles. The molecule has 3 N–H and O–H groups in total. The van der Waals surface area contributed by atoms with Gasteiger partial charge in [-0.05, 0) is 24.3 Å². The van der Waals surface area contributed by atoms with E-state index in [1.807, 2.05) is 0 Å². The summed E-state index contributed by atoms with van der Waals surface area (Å²) in [6, 6.07) is 6.81. The minimum Gasteiger partial charge on any atom is -0.409 e. The van der Waals surface area contributed by atoms with Crippen LogP contribution < -0.4 is 5.73 Å². The Hall–Kier alpha value is -2.01. The van der Waals surface area contributed by atoms with Gasteiger partial charge in [-0.15, -0.1) is 0 Å². The minimum atomic E-state index is 0.0159. The van der Waals surface area contributed by atoms with Crippen molar-refractivity contribution in [3.8, 4) is 5.69 Å². The van der Waals surface area contributed by atoms with Crippen molar-refractivity contribution in [1.82, 2.24) is 9.78 Å². The molecule has 16 heavy (non-hydrogen) atoms. The Kier molecular flexibility index (Phi) is 2.78. The number of benzene rings is 1. The van der Waals surface area contributed by atoms with Gasteiger partial charge in [0.1, 0.15) is 0 Å². The summed E-state index contributed by atoms with van der Waals surface area (Å²) in [4.78, 5) is 0. The largest absolute Gasteiger partial charge is 0.409 e. The Labute approximate surface area is 96.7 Å². The average molecular weight is 237 g/mol. The van der Waals surface area contributed by atoms with Gasteiger partial charge in [0.15, 0.2) is 5.84 Å². The molecule has 0 spiro atoms. The van der Waals surface area contributed by atoms with Crippen LogP contribution in [0.1, 0.15) is 5.56 Å². The molecule has 0 aliphatic rings. The van der Waals surface area contributed by atoms with Crippen LogP contribution in [-0.2, 0) is 0 Å². The first-order chi connectivity index (χ1) is 7.72. The van der Waals surface area contributed by atoms with E-state index < -0.39 is 0 Å². The summed E-state index contributed by atoms with van der Waals surface area (Å²) < 4.78 is 1.60. The molecule has 0 fully saturated rings. The SMILES string of the molecule is NC(=NO)c1ccc(Cl)cc1-n1cccn1. The van der Waals surface area contributed by atoms with E-state index in [0.717, 1.165) is 0 Å². The van der Waals surface area contributed by atoms with Crippen molar-refractivity contribution in [2.24, 2.45) is 10.9 Å². The molecule has 1 heterocycles. The smallest absolute Gasteiger partial charge is 0.172 e. The first-order valence-electron chi connectivity index (χ1n) is 4.50. The monoisotopic (exact) mass is 236 g/mol. The molecule has 2 aromatic rings. The Bertz CT molecular complexity index is 522. The lowest BCUT2D eigenvalue weighted by molar-refractivity contribution is 0.318. The molecule has 1 aromatic carbocycles. The van der Waals surface area contributed by atoms with Crippen LogP contribution in [0, 0.1) is 0 Å². The number of oxime groups is 1. The van der Waals surface area contributed by atoms with Crippen molar-refractivity contribution in [1.29, 1.82) is 0 Å². The van der Waals surface area contributed by atoms with Gasteiger partial charge in [0, 0.05) is 23.0 Å². The third kappa shape index (κ3) is 1.85. The molecule has 0 atom stereocenters. The van der Waals surface area contributed by atoms with Gasteiger partial charge in [-0.3, -0.25) is 0 Å². The number of hydrogen-bond acceptors (Lipinski definition) is 3. The van der Waals surface area contributed by atoms with Gasteiger partial charge in [0.25, 0.3) is 0 Å². The minimum absolute atomic E-state index is 0.0159. The summed E-state index contributed by atoms with van der Waals surface area (Å²) in [7, 11) is 0. The van der Waals surface area contributed by atoms with Crippen LogP contribution in [0.3, 0.4) is 0 Å². The second kappa shape index (κ2) is 4.24. The van der Waals surface area contributed by atoms with E-state index in [-0.39, 0.29) is 5.84 Å². The van der Waals surface area contributed by atoms with Gasteiger partial charge in [0.2, 0.25) is 0 Å². The molecule has 0 aliphatic heterocycles. The predicted octanol–water partition coefficient (Wildman–Crippen LogP) is 1.62. The summed E-state index contributed by atoms with van der Waals surface area (Å²) in [6.07, 6.45) is 3.39. The molecule has 1 aromatic heterocycles. The van der Waals surface area contributed by atoms with E-state index in [1.165, 1.54) is 0 Å². The molecule has 0 bridgehead atoms. The fourth-order valence-corrected chi connectivity index (χ4v) is 1.54. The highest BCUT2D eigenvalue weighted by Gasteiger charge is 2.09. The van der Waals surface area contributed by atoms with Crippen molar-refractivity contribution in [2.75, 3.05) is 0 Å². The van der Waals surface area contributed by atoms with E-state index in [2.05, 4.69) is 10.3 Å². The number of nitrogens with two attached hydrogens (primary N) is 1. The van der Waals surface area contributed by atoms with Gasteiger partial charge in [-0.1, -0.05) is 16.8 Å². The highest BCUT2D eigenvalue weighted by molar-refractivity contribution is 6.31. The number of rotatable bonds is 2. The van der Waals surface area contributed by atoms with Gasteiger partial charge >= 0.3 is 0 Å². The number of amidine groups is 1. The Morgan fingerprint density at radius 1 is 1.50 bits per heavy atom. The summed E-state index contributed by atoms with van der Waals surface area (Å²) in [5, 5.41) is 16.3. The molecular formula is C10H9ClN4O. The van der Waals surface area contributed by atoms with Gasteiger partial charge < -0.3 is 10.9 Å². The zero-order valence-electron chi connectivity index (χ0n) is 8.21. The molecule has 0 unspecified atom stereocenters. The topological polar surface area (TPSA) is 76.4 Å². The van der Waals surface area contributed by atoms with Crippen molar-refractivity contribution < 1.29 is 5.21 Å². The van der Waals surface area contributed by atoms with Gasteiger partial charge in [-0.2, -0.15) is 5.10 Å². The van der Waals surface area contributed by atoms with Crippen molar-refractivity contribution in [3.63, 3.8) is 0 Å². The van der Waals surface area contributed by atoms with Crippen LogP contribution in [0.25, 0.3) is 5.69 Å². The Balaban J connectivity index is 2.62. The third-order valence-corrected chi connectivity index (χ3v) is 2.33. The first-order valence-corrected chi connectivity index (χ1v) is 4.87. The summed E-state index contributed by atoms with van der Waals surface area (Å²) in [5.74, 6) is 0.0159. The van der Waals surface area contributed by atoms with Crippen molar-refractivity contribution in [3.05, 3.63) is 47.2 Å². The summed E-state index contributed by atoms with van der Waals surface area (Å²) in [6.45, 7) is 0. The summed E-state index contributed by atoms with van der Waals surface area (Å²) in [5.41, 5.74) is 6.79. The molecule has 6 heteroatoms. The zero-order valence-corrected chi connectivity index (χ0v) is 8.96. The van der Waals surface area contributed by atoms with Crippen molar-refractivity contribution in [2.45, 2.75) is 0 Å². The Morgan fingerprint density at radius 3 is 2.94 bits per heavy atom. The molecule has 0 saturated carbocycles. The normalized spacial score (nSPS) is 11.7. The van der Waals surface area contributed by atoms with Crippen LogP contribution in [-0.4, -0.2) is 20.8 Å². The van der Waals surface area contributed by atoms with Crippen LogP contribution in [0.4, 0.5) is 0 Å². The maximum Gasteiger partial charge on any atom is 0.172 e. The lowest BCUT2D eigenvalue weighted by Gasteiger charge is -2.08. The maximum atomic E-state index is 8.68. The third-order valence-electron chi connectivity index (χ3n) is 2.09. The van der Waals surface area contributed by atoms with Crippen molar-refractivity contribution >= 4 is 17.4 Å². The number of nitrogens with zero attached hydrogens (tertiary/aromatic N) is 3. The number of halogens is 1. The maximum absolute atomic E-state index is 8.68. The molecule has 0 amide bonds. The fraction of sp³-hybridized carbons (Fsp3) is 0. The van der Waals surface area contributed by atoms with E-state index in [9.17, 15) is 0 Å². The molecule has 82 valence electrons. The van der Waals surface area contributed by atoms with Crippen LogP contribution in [0.2, 0.25) is 5.02 Å². The summed E-state index contributed by atoms with van der Waals surface area (Å²) >= 11 is 5.90. The van der Waals surface area contributed by atoms with Crippen LogP contribution in [0.5, 0.6) is 0 Å². The second-order valence-electron chi connectivity index (χ2n) is 3.10. The van der Waals surface area contributed by atoms with E-state index in [4.69, 9.17) is 22.5 Å². The van der Waals surface area contributed by atoms with E-state index in [1.54, 1.807) is 41.3 Å². The number of aromatic nitrogens is 2. The number of hydrogen-bond donors (Lipinski definition) is 2. The molecule has 2 rings (SSSR count). The fourth-order valence-electron chi connectivity index (χ4n) is 1.38. The quantitative estimate of drug-likeness (QED) is 0.360. The molecule has 5 nitrogen and oxygen atoms in total. The van der Waals surface area contributed by atoms with Crippen LogP contribution in [0.15, 0.2) is 41.8 Å². The first kappa shape index (κ1) is 10.5. The van der Waals surface area contributed by atoms with Crippen LogP contribution >= 0.6 is 11.6 Å². The standard InChI is InChI=1S/C10H9ClN4O/c11-7-2-3-8(10(12)14-16)9(6-7)15-5-1-4-13-15/h1-6,16H,(H2,12,14). The highest BCUT2D eigenvalue weighted by Crippen LogP contribution is 2.19. The lowest BCUT2D eigenvalue weighted by atomic mass is 10.1. The highest BCUT2D eigenvalue weighted by atomic mass is 35.5.